The number of amides is 3. The molecule has 1 aliphatic heterocycles. The second-order valence-electron chi connectivity index (χ2n) is 7.93. The maximum Gasteiger partial charge on any atom is 0.266 e. The first kappa shape index (κ1) is 22.4. The fourth-order valence-corrected chi connectivity index (χ4v) is 2.36. The third kappa shape index (κ3) is 8.14. The maximum absolute atomic E-state index is 12.4. The van der Waals surface area contributed by atoms with Gasteiger partial charge in [-0.25, -0.2) is 5.43 Å². The van der Waals surface area contributed by atoms with E-state index >= 15 is 0 Å². The minimum absolute atomic E-state index is 0.0786. The summed E-state index contributed by atoms with van der Waals surface area (Å²) in [6.07, 6.45) is -0.255. The van der Waals surface area contributed by atoms with Crippen molar-refractivity contribution in [2.75, 3.05) is 6.54 Å². The van der Waals surface area contributed by atoms with Crippen molar-refractivity contribution in [2.24, 2.45) is 11.8 Å². The lowest BCUT2D eigenvalue weighted by Gasteiger charge is -2.20. The van der Waals surface area contributed by atoms with E-state index < -0.39 is 24.2 Å². The monoisotopic (exact) mass is 370 g/mol. The van der Waals surface area contributed by atoms with E-state index in [-0.39, 0.29) is 23.8 Å². The summed E-state index contributed by atoms with van der Waals surface area (Å²) in [6.45, 7) is 12.5. The van der Waals surface area contributed by atoms with Crippen LogP contribution in [0, 0.1) is 11.8 Å². The van der Waals surface area contributed by atoms with Crippen molar-refractivity contribution in [2.45, 2.75) is 78.7 Å². The minimum atomic E-state index is -0.845. The van der Waals surface area contributed by atoms with Gasteiger partial charge in [-0.1, -0.05) is 27.7 Å². The molecule has 26 heavy (non-hydrogen) atoms. The highest BCUT2D eigenvalue weighted by Crippen LogP contribution is 2.22. The lowest BCUT2D eigenvalue weighted by atomic mass is 10.0. The molecule has 150 valence electrons. The number of rotatable bonds is 11. The Hall–Kier alpha value is -1.67. The first-order valence-electron chi connectivity index (χ1n) is 9.40. The Kier molecular flexibility index (Phi) is 9.01. The van der Waals surface area contributed by atoms with E-state index in [1.807, 2.05) is 27.7 Å². The van der Waals surface area contributed by atoms with E-state index in [0.717, 1.165) is 6.42 Å². The molecule has 0 aliphatic carbocycles. The molecule has 1 heterocycles. The van der Waals surface area contributed by atoms with Crippen LogP contribution in [-0.4, -0.2) is 48.6 Å². The average Bonchev–Trinajstić information content (AvgIpc) is 3.31. The summed E-state index contributed by atoms with van der Waals surface area (Å²) in [6, 6.07) is -0.550. The first-order chi connectivity index (χ1) is 12.1. The van der Waals surface area contributed by atoms with Gasteiger partial charge in [-0.05, 0) is 38.5 Å². The van der Waals surface area contributed by atoms with Gasteiger partial charge in [-0.2, -0.15) is 0 Å². The molecule has 0 bridgehead atoms. The van der Waals surface area contributed by atoms with Crippen LogP contribution in [-0.2, 0) is 19.1 Å². The van der Waals surface area contributed by atoms with Crippen LogP contribution in [0.25, 0.3) is 0 Å². The lowest BCUT2D eigenvalue weighted by Crippen LogP contribution is -2.50. The number of carbonyl (C=O) groups is 3. The van der Waals surface area contributed by atoms with E-state index in [1.54, 1.807) is 0 Å². The van der Waals surface area contributed by atoms with Gasteiger partial charge < -0.3 is 15.4 Å². The molecule has 8 nitrogen and oxygen atoms in total. The Morgan fingerprint density at radius 3 is 2.08 bits per heavy atom. The standard InChI is InChI=1S/C18H34N4O4/c1-10(2)7-8-19-16(23)13(9-11(3)4)20-17(24)14-15(26-14)18(25)22-21-12(5)6/h10-15,21H,7-9H2,1-6H3,(H,19,23)(H,20,24)(H,22,25)/t13-,14-,15-/m0/s1. The van der Waals surface area contributed by atoms with E-state index in [0.29, 0.717) is 18.9 Å². The molecule has 0 saturated carbocycles. The van der Waals surface area contributed by atoms with Crippen LogP contribution in [0.4, 0.5) is 0 Å². The van der Waals surface area contributed by atoms with E-state index in [2.05, 4.69) is 35.3 Å². The van der Waals surface area contributed by atoms with Crippen molar-refractivity contribution >= 4 is 17.7 Å². The van der Waals surface area contributed by atoms with Gasteiger partial charge in [0.05, 0.1) is 0 Å². The van der Waals surface area contributed by atoms with E-state index in [1.165, 1.54) is 0 Å². The normalized spacial score (nSPS) is 20.2. The van der Waals surface area contributed by atoms with Crippen molar-refractivity contribution in [3.8, 4) is 0 Å². The molecule has 1 rings (SSSR count). The third-order valence-corrected chi connectivity index (χ3v) is 3.85. The Morgan fingerprint density at radius 1 is 0.923 bits per heavy atom. The van der Waals surface area contributed by atoms with Crippen LogP contribution in [0.5, 0.6) is 0 Å². The van der Waals surface area contributed by atoms with Crippen molar-refractivity contribution in [3.05, 3.63) is 0 Å². The summed E-state index contributed by atoms with van der Waals surface area (Å²) in [7, 11) is 0. The second-order valence-corrected chi connectivity index (χ2v) is 7.93. The zero-order valence-electron chi connectivity index (χ0n) is 16.7. The molecule has 8 heteroatoms. The molecule has 3 amide bonds. The van der Waals surface area contributed by atoms with Gasteiger partial charge in [0.15, 0.2) is 12.2 Å². The number of epoxide rings is 1. The molecule has 0 aromatic heterocycles. The van der Waals surface area contributed by atoms with Crippen LogP contribution in [0.3, 0.4) is 0 Å². The zero-order chi connectivity index (χ0) is 19.9. The van der Waals surface area contributed by atoms with Gasteiger partial charge in [0, 0.05) is 12.6 Å². The number of hydrogen-bond donors (Lipinski definition) is 4. The molecule has 0 unspecified atom stereocenters. The average molecular weight is 370 g/mol. The maximum atomic E-state index is 12.4. The van der Waals surface area contributed by atoms with Gasteiger partial charge in [-0.15, -0.1) is 0 Å². The largest absolute Gasteiger partial charge is 0.354 e. The third-order valence-electron chi connectivity index (χ3n) is 3.85. The minimum Gasteiger partial charge on any atom is -0.354 e. The fourth-order valence-electron chi connectivity index (χ4n) is 2.36. The topological polar surface area (TPSA) is 112 Å². The Bertz CT molecular complexity index is 494. The number of ether oxygens (including phenoxy) is 1. The molecular formula is C18H34N4O4. The zero-order valence-corrected chi connectivity index (χ0v) is 16.7. The summed E-state index contributed by atoms with van der Waals surface area (Å²) in [5, 5.41) is 5.59. The molecule has 0 aromatic rings. The highest BCUT2D eigenvalue weighted by atomic mass is 16.6. The van der Waals surface area contributed by atoms with Crippen LogP contribution in [0.2, 0.25) is 0 Å². The number of hydrazine groups is 1. The van der Waals surface area contributed by atoms with Crippen molar-refractivity contribution < 1.29 is 19.1 Å². The quantitative estimate of drug-likeness (QED) is 0.312. The summed E-state index contributed by atoms with van der Waals surface area (Å²) >= 11 is 0. The van der Waals surface area contributed by atoms with Gasteiger partial charge >= 0.3 is 0 Å². The fraction of sp³-hybridized carbons (Fsp3) is 0.833. The predicted octanol–water partition coefficient (Wildman–Crippen LogP) is 0.476. The summed E-state index contributed by atoms with van der Waals surface area (Å²) in [5.41, 5.74) is 5.27. The molecule has 4 N–H and O–H groups in total. The first-order valence-corrected chi connectivity index (χ1v) is 9.40. The molecule has 1 fully saturated rings. The van der Waals surface area contributed by atoms with Gasteiger partial charge in [-0.3, -0.25) is 19.8 Å². The molecule has 0 radical (unpaired) electrons. The van der Waals surface area contributed by atoms with Gasteiger partial charge in [0.2, 0.25) is 5.91 Å². The molecule has 0 spiro atoms. The number of carbonyl (C=O) groups excluding carboxylic acids is 3. The van der Waals surface area contributed by atoms with Crippen LogP contribution in [0.1, 0.15) is 54.4 Å². The van der Waals surface area contributed by atoms with E-state index in [4.69, 9.17) is 4.74 Å². The summed E-state index contributed by atoms with van der Waals surface area (Å²) in [4.78, 5) is 36.6. The lowest BCUT2D eigenvalue weighted by molar-refractivity contribution is -0.130. The molecular weight excluding hydrogens is 336 g/mol. The molecule has 1 saturated heterocycles. The Labute approximate surface area is 156 Å². The van der Waals surface area contributed by atoms with Crippen molar-refractivity contribution in [1.82, 2.24) is 21.5 Å². The highest BCUT2D eigenvalue weighted by molar-refractivity contribution is 5.96. The van der Waals surface area contributed by atoms with Crippen molar-refractivity contribution in [1.29, 1.82) is 0 Å². The Morgan fingerprint density at radius 2 is 1.54 bits per heavy atom. The SMILES string of the molecule is CC(C)CCNC(=O)[C@H](CC(C)C)NC(=O)[C@H]1O[C@@H]1C(=O)NNC(C)C. The molecule has 3 atom stereocenters. The highest BCUT2D eigenvalue weighted by Gasteiger charge is 2.51. The van der Waals surface area contributed by atoms with Crippen LogP contribution in [0.15, 0.2) is 0 Å². The smallest absolute Gasteiger partial charge is 0.266 e. The predicted molar refractivity (Wildman–Crippen MR) is 98.9 cm³/mol. The van der Waals surface area contributed by atoms with Crippen LogP contribution >= 0.6 is 0 Å². The van der Waals surface area contributed by atoms with Gasteiger partial charge in [0.25, 0.3) is 11.8 Å². The summed E-state index contributed by atoms with van der Waals surface area (Å²) < 4.78 is 5.18. The molecule has 0 aromatic carbocycles. The van der Waals surface area contributed by atoms with Crippen molar-refractivity contribution in [3.63, 3.8) is 0 Å². The van der Waals surface area contributed by atoms with Crippen LogP contribution < -0.4 is 21.5 Å². The van der Waals surface area contributed by atoms with E-state index in [9.17, 15) is 14.4 Å². The summed E-state index contributed by atoms with van der Waals surface area (Å²) in [5.74, 6) is -0.284. The second kappa shape index (κ2) is 10.5. The Balaban J connectivity index is 2.50. The number of nitrogens with one attached hydrogen (secondary N) is 4. The molecule has 1 aliphatic rings. The number of hydrogen-bond acceptors (Lipinski definition) is 5. The van der Waals surface area contributed by atoms with Gasteiger partial charge in [0.1, 0.15) is 6.04 Å².